The predicted octanol–water partition coefficient (Wildman–Crippen LogP) is 3.41. The molecular weight excluding hydrogens is 410 g/mol. The monoisotopic (exact) mass is 431 g/mol. The molecule has 30 heavy (non-hydrogen) atoms. The molecule has 0 saturated carbocycles. The average Bonchev–Trinajstić information content (AvgIpc) is 3.34. The van der Waals surface area contributed by atoms with E-state index in [9.17, 15) is 9.59 Å². The van der Waals surface area contributed by atoms with E-state index in [-0.39, 0.29) is 12.8 Å². The van der Waals surface area contributed by atoms with Gasteiger partial charge in [-0.3, -0.25) is 9.59 Å². The Hall–Kier alpha value is -3.10. The van der Waals surface area contributed by atoms with Crippen LogP contribution in [0.4, 0.5) is 0 Å². The molecule has 0 bridgehead atoms. The Morgan fingerprint density at radius 1 is 1.10 bits per heavy atom. The molecule has 4 rings (SSSR count). The molecule has 3 heterocycles. The van der Waals surface area contributed by atoms with Gasteiger partial charge in [0.15, 0.2) is 0 Å². The molecule has 8 nitrogen and oxygen atoms in total. The van der Waals surface area contributed by atoms with Crippen LogP contribution in [-0.2, 0) is 22.4 Å². The van der Waals surface area contributed by atoms with E-state index in [0.29, 0.717) is 0 Å². The van der Waals surface area contributed by atoms with Gasteiger partial charge in [0.2, 0.25) is 0 Å². The first-order chi connectivity index (χ1) is 14.5. The van der Waals surface area contributed by atoms with Gasteiger partial charge in [0.1, 0.15) is 0 Å². The zero-order valence-electron chi connectivity index (χ0n) is 16.2. The minimum absolute atomic E-state index is 0.296. The number of nitrogens with one attached hydrogen (secondary N) is 1. The highest BCUT2D eigenvalue weighted by Gasteiger charge is 2.19. The minimum Gasteiger partial charge on any atom is -0.481 e. The van der Waals surface area contributed by atoms with Crippen molar-refractivity contribution in [2.24, 2.45) is 0 Å². The first-order valence-electron chi connectivity index (χ1n) is 9.49. The normalized spacial score (nSPS) is 13.0. The van der Waals surface area contributed by atoms with Gasteiger partial charge in [-0.1, -0.05) is 17.7 Å². The Kier molecular flexibility index (Phi) is 7.26. The number of hydrogen-bond acceptors (Lipinski definition) is 5. The molecule has 0 amide bonds. The molecule has 1 aromatic carbocycles. The van der Waals surface area contributed by atoms with Crippen molar-refractivity contribution in [2.75, 3.05) is 13.1 Å². The van der Waals surface area contributed by atoms with Crippen LogP contribution in [0.1, 0.15) is 24.0 Å². The van der Waals surface area contributed by atoms with Crippen molar-refractivity contribution >= 4 is 23.5 Å². The third-order valence-electron chi connectivity index (χ3n) is 4.68. The number of carboxylic acids is 2. The zero-order chi connectivity index (χ0) is 21.5. The van der Waals surface area contributed by atoms with Gasteiger partial charge in [-0.2, -0.15) is 5.10 Å². The van der Waals surface area contributed by atoms with Crippen molar-refractivity contribution in [1.82, 2.24) is 15.1 Å². The van der Waals surface area contributed by atoms with Crippen molar-refractivity contribution in [2.45, 2.75) is 25.7 Å². The lowest BCUT2D eigenvalue weighted by Gasteiger charge is -2.16. The molecule has 0 spiro atoms. The summed E-state index contributed by atoms with van der Waals surface area (Å²) in [5.74, 6) is -2.15. The average molecular weight is 432 g/mol. The molecule has 2 aromatic heterocycles. The second-order valence-electron chi connectivity index (χ2n) is 6.71. The Morgan fingerprint density at radius 3 is 2.50 bits per heavy atom. The summed E-state index contributed by atoms with van der Waals surface area (Å²) in [7, 11) is 0. The van der Waals surface area contributed by atoms with Gasteiger partial charge in [0.25, 0.3) is 0 Å². The number of carboxylic acid groups (broad SMARTS) is 2. The van der Waals surface area contributed by atoms with E-state index in [1.165, 1.54) is 11.1 Å². The standard InChI is InChI=1S/C17H16ClN3O.C4H6O4/c18-15-2-1-12-3-7-19-8-4-14(12)17(15)21-16(5-9-20-21)13-6-10-22-11-13;5-3(6)1-2-4(7)8/h1-2,5-6,9-11,19H,3-4,7-8H2;1-2H2,(H,5,6)(H,7,8). The predicted molar refractivity (Wildman–Crippen MR) is 111 cm³/mol. The van der Waals surface area contributed by atoms with Crippen molar-refractivity contribution in [1.29, 1.82) is 0 Å². The largest absolute Gasteiger partial charge is 0.481 e. The number of carbonyl (C=O) groups is 2. The van der Waals surface area contributed by atoms with Crippen LogP contribution < -0.4 is 5.32 Å². The first-order valence-corrected chi connectivity index (χ1v) is 9.86. The van der Waals surface area contributed by atoms with Gasteiger partial charge in [0, 0.05) is 5.56 Å². The molecule has 1 aliphatic rings. The molecule has 1 aliphatic heterocycles. The highest BCUT2D eigenvalue weighted by atomic mass is 35.5. The number of benzene rings is 1. The lowest BCUT2D eigenvalue weighted by atomic mass is 10.0. The molecule has 0 fully saturated rings. The quantitative estimate of drug-likeness (QED) is 0.566. The van der Waals surface area contributed by atoms with Gasteiger partial charge in [-0.05, 0) is 55.3 Å². The van der Waals surface area contributed by atoms with Crippen LogP contribution in [0.25, 0.3) is 16.9 Å². The van der Waals surface area contributed by atoms with E-state index >= 15 is 0 Å². The minimum atomic E-state index is -1.08. The number of rotatable bonds is 5. The molecule has 0 radical (unpaired) electrons. The fourth-order valence-electron chi connectivity index (χ4n) is 3.28. The van der Waals surface area contributed by atoms with Crippen molar-refractivity contribution in [3.63, 3.8) is 0 Å². The van der Waals surface area contributed by atoms with Gasteiger partial charge in [-0.15, -0.1) is 0 Å². The first kappa shape index (κ1) is 21.6. The van der Waals surface area contributed by atoms with Gasteiger partial charge in [0.05, 0.1) is 48.0 Å². The summed E-state index contributed by atoms with van der Waals surface area (Å²) in [6.45, 7) is 1.96. The summed E-state index contributed by atoms with van der Waals surface area (Å²) in [5.41, 5.74) is 5.60. The molecule has 3 N–H and O–H groups in total. The van der Waals surface area contributed by atoms with Crippen molar-refractivity contribution in [3.05, 3.63) is 59.1 Å². The number of aromatic nitrogens is 2. The van der Waals surface area contributed by atoms with E-state index in [0.717, 1.165) is 47.9 Å². The fraction of sp³-hybridized carbons (Fsp3) is 0.286. The van der Waals surface area contributed by atoms with Crippen molar-refractivity contribution in [3.8, 4) is 16.9 Å². The summed E-state index contributed by atoms with van der Waals surface area (Å²) >= 11 is 6.53. The second kappa shape index (κ2) is 10.1. The topological polar surface area (TPSA) is 118 Å². The third-order valence-corrected chi connectivity index (χ3v) is 4.98. The summed E-state index contributed by atoms with van der Waals surface area (Å²) in [5, 5.41) is 24.5. The number of halogens is 1. The van der Waals surface area contributed by atoms with E-state index < -0.39 is 11.9 Å². The second-order valence-corrected chi connectivity index (χ2v) is 7.12. The summed E-state index contributed by atoms with van der Waals surface area (Å²) in [6.07, 6.45) is 6.57. The van der Waals surface area contributed by atoms with Crippen LogP contribution in [0.2, 0.25) is 5.02 Å². The van der Waals surface area contributed by atoms with E-state index in [1.54, 1.807) is 18.7 Å². The molecular formula is C21H22ClN3O5. The summed E-state index contributed by atoms with van der Waals surface area (Å²) in [4.78, 5) is 19.3. The van der Waals surface area contributed by atoms with Gasteiger partial charge >= 0.3 is 11.9 Å². The molecule has 3 aromatic rings. The smallest absolute Gasteiger partial charge is 0.303 e. The number of hydrogen-bond donors (Lipinski definition) is 3. The molecule has 9 heteroatoms. The number of furan rings is 1. The van der Waals surface area contributed by atoms with Crippen LogP contribution in [0, 0.1) is 0 Å². The van der Waals surface area contributed by atoms with Crippen LogP contribution in [0.5, 0.6) is 0 Å². The lowest BCUT2D eigenvalue weighted by molar-refractivity contribution is -0.143. The van der Waals surface area contributed by atoms with E-state index in [4.69, 9.17) is 26.2 Å². The SMILES string of the molecule is Clc1ccc2c(c1-n1nccc1-c1ccoc1)CCNCC2.O=C(O)CCC(=O)O. The van der Waals surface area contributed by atoms with Gasteiger partial charge < -0.3 is 19.9 Å². The fourth-order valence-corrected chi connectivity index (χ4v) is 3.53. The van der Waals surface area contributed by atoms with Crippen LogP contribution in [0.3, 0.4) is 0 Å². The number of fused-ring (bicyclic) bond motifs is 1. The Balaban J connectivity index is 0.000000275. The number of nitrogens with zero attached hydrogens (tertiary/aromatic N) is 2. The Bertz CT molecular complexity index is 1000. The highest BCUT2D eigenvalue weighted by Crippen LogP contribution is 2.32. The van der Waals surface area contributed by atoms with E-state index in [1.807, 2.05) is 22.9 Å². The maximum absolute atomic E-state index is 9.64. The molecule has 0 unspecified atom stereocenters. The maximum atomic E-state index is 9.64. The van der Waals surface area contributed by atoms with Crippen LogP contribution >= 0.6 is 11.6 Å². The molecule has 0 saturated heterocycles. The third kappa shape index (κ3) is 5.28. The number of aliphatic carboxylic acids is 2. The summed E-state index contributed by atoms with van der Waals surface area (Å²) in [6, 6.07) is 8.02. The zero-order valence-corrected chi connectivity index (χ0v) is 16.9. The summed E-state index contributed by atoms with van der Waals surface area (Å²) < 4.78 is 7.14. The highest BCUT2D eigenvalue weighted by molar-refractivity contribution is 6.32. The van der Waals surface area contributed by atoms with Crippen molar-refractivity contribution < 1.29 is 24.2 Å². The molecule has 0 atom stereocenters. The Labute approximate surface area is 178 Å². The lowest BCUT2D eigenvalue weighted by Crippen LogP contribution is -2.16. The van der Waals surface area contributed by atoms with Crippen LogP contribution in [0.15, 0.2) is 47.4 Å². The van der Waals surface area contributed by atoms with Gasteiger partial charge in [-0.25, -0.2) is 4.68 Å². The van der Waals surface area contributed by atoms with E-state index in [2.05, 4.69) is 16.5 Å². The maximum Gasteiger partial charge on any atom is 0.303 e. The van der Waals surface area contributed by atoms with Crippen LogP contribution in [-0.4, -0.2) is 45.0 Å². The molecule has 0 aliphatic carbocycles. The Morgan fingerprint density at radius 2 is 1.83 bits per heavy atom. The molecule has 158 valence electrons.